The van der Waals surface area contributed by atoms with Crippen LogP contribution in [0.1, 0.15) is 34.0 Å². The van der Waals surface area contributed by atoms with Crippen molar-refractivity contribution in [1.29, 1.82) is 0 Å². The van der Waals surface area contributed by atoms with E-state index in [0.29, 0.717) is 12.2 Å². The van der Waals surface area contributed by atoms with Gasteiger partial charge in [0.1, 0.15) is 5.60 Å². The number of benzene rings is 1. The van der Waals surface area contributed by atoms with Crippen LogP contribution in [-0.4, -0.2) is 22.8 Å². The number of ether oxygens (including phenoxy) is 1. The lowest BCUT2D eigenvalue weighted by molar-refractivity contribution is -0.0605. The number of carboxylic acid groups (broad SMARTS) is 1. The molecule has 0 radical (unpaired) electrons. The SMILES string of the molecule is Cc1cc(C(=O)O)cc2c1COC[C@]2(C)O. The van der Waals surface area contributed by atoms with E-state index >= 15 is 0 Å². The largest absolute Gasteiger partial charge is 0.478 e. The fourth-order valence-corrected chi connectivity index (χ4v) is 2.04. The molecule has 0 saturated heterocycles. The molecule has 0 amide bonds. The summed E-state index contributed by atoms with van der Waals surface area (Å²) >= 11 is 0. The zero-order valence-electron chi connectivity index (χ0n) is 9.28. The average molecular weight is 222 g/mol. The molecular weight excluding hydrogens is 208 g/mol. The molecule has 4 nitrogen and oxygen atoms in total. The Balaban J connectivity index is 2.64. The standard InChI is InChI=1S/C12H14O4/c1-7-3-8(11(13)14)4-10-9(7)5-16-6-12(10,2)15/h3-4,15H,5-6H2,1-2H3,(H,13,14)/t12-/m0/s1. The molecule has 4 heteroatoms. The first-order valence-corrected chi connectivity index (χ1v) is 5.09. The summed E-state index contributed by atoms with van der Waals surface area (Å²) in [6.45, 7) is 4.09. The van der Waals surface area contributed by atoms with Gasteiger partial charge in [0.25, 0.3) is 0 Å². The molecule has 0 saturated carbocycles. The van der Waals surface area contributed by atoms with E-state index < -0.39 is 11.6 Å². The molecule has 2 rings (SSSR count). The first-order valence-electron chi connectivity index (χ1n) is 5.09. The van der Waals surface area contributed by atoms with Crippen molar-refractivity contribution < 1.29 is 19.7 Å². The highest BCUT2D eigenvalue weighted by Crippen LogP contribution is 2.32. The van der Waals surface area contributed by atoms with Gasteiger partial charge in [-0.15, -0.1) is 0 Å². The maximum atomic E-state index is 10.9. The number of aromatic carboxylic acids is 1. The number of carboxylic acids is 1. The summed E-state index contributed by atoms with van der Waals surface area (Å²) in [5.74, 6) is -0.979. The Morgan fingerprint density at radius 3 is 2.81 bits per heavy atom. The molecule has 1 aromatic carbocycles. The fourth-order valence-electron chi connectivity index (χ4n) is 2.04. The topological polar surface area (TPSA) is 66.8 Å². The molecule has 1 aliphatic heterocycles. The van der Waals surface area contributed by atoms with Gasteiger partial charge in [0, 0.05) is 0 Å². The smallest absolute Gasteiger partial charge is 0.335 e. The highest BCUT2D eigenvalue weighted by atomic mass is 16.5. The molecule has 1 aromatic rings. The maximum Gasteiger partial charge on any atom is 0.335 e. The third-order valence-electron chi connectivity index (χ3n) is 2.93. The van der Waals surface area contributed by atoms with Gasteiger partial charge in [0.05, 0.1) is 18.8 Å². The van der Waals surface area contributed by atoms with Crippen molar-refractivity contribution in [1.82, 2.24) is 0 Å². The number of aryl methyl sites for hydroxylation is 1. The highest BCUT2D eigenvalue weighted by molar-refractivity contribution is 5.88. The number of hydrogen-bond acceptors (Lipinski definition) is 3. The van der Waals surface area contributed by atoms with Crippen molar-refractivity contribution in [3.63, 3.8) is 0 Å². The molecule has 86 valence electrons. The van der Waals surface area contributed by atoms with Crippen molar-refractivity contribution >= 4 is 5.97 Å². The number of hydrogen-bond donors (Lipinski definition) is 2. The van der Waals surface area contributed by atoms with Crippen LogP contribution in [0.5, 0.6) is 0 Å². The first kappa shape index (κ1) is 11.1. The molecular formula is C12H14O4. The zero-order valence-corrected chi connectivity index (χ0v) is 9.28. The van der Waals surface area contributed by atoms with E-state index in [1.807, 2.05) is 6.92 Å². The van der Waals surface area contributed by atoms with Crippen molar-refractivity contribution in [3.8, 4) is 0 Å². The van der Waals surface area contributed by atoms with Crippen molar-refractivity contribution in [2.75, 3.05) is 6.61 Å². The Kier molecular flexibility index (Phi) is 2.48. The van der Waals surface area contributed by atoms with Crippen LogP contribution in [0.4, 0.5) is 0 Å². The van der Waals surface area contributed by atoms with Crippen LogP contribution in [-0.2, 0) is 16.9 Å². The van der Waals surface area contributed by atoms with E-state index in [-0.39, 0.29) is 12.2 Å². The number of aliphatic hydroxyl groups is 1. The molecule has 0 spiro atoms. The van der Waals surface area contributed by atoms with Gasteiger partial charge >= 0.3 is 5.97 Å². The van der Waals surface area contributed by atoms with Gasteiger partial charge < -0.3 is 14.9 Å². The Morgan fingerprint density at radius 2 is 2.19 bits per heavy atom. The van der Waals surface area contributed by atoms with Gasteiger partial charge in [-0.05, 0) is 42.7 Å². The van der Waals surface area contributed by atoms with E-state index in [9.17, 15) is 9.90 Å². The second-order valence-corrected chi connectivity index (χ2v) is 4.39. The van der Waals surface area contributed by atoms with Gasteiger partial charge in [-0.3, -0.25) is 0 Å². The van der Waals surface area contributed by atoms with Crippen LogP contribution in [0, 0.1) is 6.92 Å². The van der Waals surface area contributed by atoms with Crippen LogP contribution in [0.15, 0.2) is 12.1 Å². The third kappa shape index (κ3) is 1.70. The van der Waals surface area contributed by atoms with E-state index in [4.69, 9.17) is 9.84 Å². The predicted molar refractivity (Wildman–Crippen MR) is 57.4 cm³/mol. The summed E-state index contributed by atoms with van der Waals surface area (Å²) < 4.78 is 5.29. The van der Waals surface area contributed by atoms with Crippen molar-refractivity contribution in [3.05, 3.63) is 34.4 Å². The lowest BCUT2D eigenvalue weighted by Crippen LogP contribution is -2.34. The Bertz CT molecular complexity index is 449. The maximum absolute atomic E-state index is 10.9. The van der Waals surface area contributed by atoms with Gasteiger partial charge in [-0.2, -0.15) is 0 Å². The van der Waals surface area contributed by atoms with Crippen LogP contribution < -0.4 is 0 Å². The van der Waals surface area contributed by atoms with Crippen LogP contribution in [0.25, 0.3) is 0 Å². The Hall–Kier alpha value is -1.39. The summed E-state index contributed by atoms with van der Waals surface area (Å²) in [6, 6.07) is 3.14. The Labute approximate surface area is 93.5 Å². The molecule has 1 atom stereocenters. The third-order valence-corrected chi connectivity index (χ3v) is 2.93. The molecule has 0 fully saturated rings. The molecule has 1 heterocycles. The molecule has 0 aromatic heterocycles. The Morgan fingerprint density at radius 1 is 1.50 bits per heavy atom. The summed E-state index contributed by atoms with van der Waals surface area (Å²) in [5, 5.41) is 19.1. The molecule has 1 aliphatic rings. The molecule has 0 bridgehead atoms. The van der Waals surface area contributed by atoms with Gasteiger partial charge in [-0.1, -0.05) is 0 Å². The average Bonchev–Trinajstić information content (AvgIpc) is 2.18. The summed E-state index contributed by atoms with van der Waals surface area (Å²) in [4.78, 5) is 10.9. The van der Waals surface area contributed by atoms with E-state index in [1.165, 1.54) is 6.07 Å². The van der Waals surface area contributed by atoms with E-state index in [0.717, 1.165) is 11.1 Å². The fraction of sp³-hybridized carbons (Fsp3) is 0.417. The second-order valence-electron chi connectivity index (χ2n) is 4.39. The lowest BCUT2D eigenvalue weighted by atomic mass is 9.86. The molecule has 16 heavy (non-hydrogen) atoms. The minimum atomic E-state index is -1.11. The van der Waals surface area contributed by atoms with Gasteiger partial charge in [0.2, 0.25) is 0 Å². The van der Waals surface area contributed by atoms with Crippen LogP contribution in [0.3, 0.4) is 0 Å². The van der Waals surface area contributed by atoms with Gasteiger partial charge in [0.15, 0.2) is 0 Å². The second kappa shape index (κ2) is 3.57. The summed E-state index contributed by atoms with van der Waals surface area (Å²) in [6.07, 6.45) is 0. The quantitative estimate of drug-likeness (QED) is 0.754. The van der Waals surface area contributed by atoms with Crippen molar-refractivity contribution in [2.24, 2.45) is 0 Å². The lowest BCUT2D eigenvalue weighted by Gasteiger charge is -2.32. The highest BCUT2D eigenvalue weighted by Gasteiger charge is 2.32. The van der Waals surface area contributed by atoms with Crippen molar-refractivity contribution in [2.45, 2.75) is 26.1 Å². The molecule has 2 N–H and O–H groups in total. The van der Waals surface area contributed by atoms with E-state index in [2.05, 4.69) is 0 Å². The van der Waals surface area contributed by atoms with Gasteiger partial charge in [-0.25, -0.2) is 4.79 Å². The normalized spacial score (nSPS) is 23.9. The zero-order chi connectivity index (χ0) is 11.9. The van der Waals surface area contributed by atoms with Crippen LogP contribution in [0.2, 0.25) is 0 Å². The monoisotopic (exact) mass is 222 g/mol. The number of fused-ring (bicyclic) bond motifs is 1. The minimum Gasteiger partial charge on any atom is -0.478 e. The molecule has 0 unspecified atom stereocenters. The van der Waals surface area contributed by atoms with Crippen LogP contribution >= 0.6 is 0 Å². The number of rotatable bonds is 1. The van der Waals surface area contributed by atoms with E-state index in [1.54, 1.807) is 13.0 Å². The molecule has 0 aliphatic carbocycles. The first-order chi connectivity index (χ1) is 7.42. The minimum absolute atomic E-state index is 0.197. The summed E-state index contributed by atoms with van der Waals surface area (Å²) in [7, 11) is 0. The number of carbonyl (C=O) groups is 1. The summed E-state index contributed by atoms with van der Waals surface area (Å²) in [5.41, 5.74) is 1.50. The predicted octanol–water partition coefficient (Wildman–Crippen LogP) is 1.43.